The van der Waals surface area contributed by atoms with E-state index >= 15 is 0 Å². The van der Waals surface area contributed by atoms with Crippen LogP contribution >= 0.6 is 15.9 Å². The topological polar surface area (TPSA) is 52.3 Å². The third-order valence-electron chi connectivity index (χ3n) is 1.91. The van der Waals surface area contributed by atoms with Crippen molar-refractivity contribution in [3.05, 3.63) is 34.3 Å². The summed E-state index contributed by atoms with van der Waals surface area (Å²) in [6.07, 6.45) is 0.206. The van der Waals surface area contributed by atoms with Crippen molar-refractivity contribution in [1.29, 1.82) is 0 Å². The van der Waals surface area contributed by atoms with E-state index in [0.29, 0.717) is 0 Å². The van der Waals surface area contributed by atoms with Crippen LogP contribution < -0.4 is 5.73 Å². The van der Waals surface area contributed by atoms with Gasteiger partial charge in [0.05, 0.1) is 13.5 Å². The van der Waals surface area contributed by atoms with E-state index in [-0.39, 0.29) is 18.4 Å². The molecule has 0 bridgehead atoms. The number of esters is 1. The zero-order valence-electron chi connectivity index (χ0n) is 7.87. The Morgan fingerprint density at radius 2 is 2.07 bits per heavy atom. The van der Waals surface area contributed by atoms with E-state index in [2.05, 4.69) is 20.7 Å². The Kier molecular flexibility index (Phi) is 4.10. The first-order chi connectivity index (χ1) is 6.63. The highest BCUT2D eigenvalue weighted by atomic mass is 79.9. The van der Waals surface area contributed by atoms with Crippen molar-refractivity contribution < 1.29 is 9.53 Å². The standard InChI is InChI=1S/C10H12BrNO2/c1-14-10(13)6-9(12)7-2-4-8(11)5-3-7/h2-5,9H,6,12H2,1H3/t9-/m0/s1. The van der Waals surface area contributed by atoms with Gasteiger partial charge in [-0.15, -0.1) is 0 Å². The molecule has 2 N–H and O–H groups in total. The van der Waals surface area contributed by atoms with Crippen LogP contribution in [-0.2, 0) is 9.53 Å². The summed E-state index contributed by atoms with van der Waals surface area (Å²) in [5.74, 6) is -0.291. The second-order valence-corrected chi connectivity index (χ2v) is 3.85. The molecule has 0 aliphatic rings. The minimum atomic E-state index is -0.296. The monoisotopic (exact) mass is 257 g/mol. The Bertz CT molecular complexity index is 310. The van der Waals surface area contributed by atoms with E-state index < -0.39 is 0 Å². The molecule has 0 aromatic heterocycles. The molecule has 0 aliphatic heterocycles. The predicted molar refractivity (Wildman–Crippen MR) is 57.7 cm³/mol. The maximum absolute atomic E-state index is 11.0. The molecule has 0 unspecified atom stereocenters. The fraction of sp³-hybridized carbons (Fsp3) is 0.300. The molecule has 3 nitrogen and oxygen atoms in total. The summed E-state index contributed by atoms with van der Waals surface area (Å²) in [5, 5.41) is 0. The number of halogens is 1. The number of nitrogens with two attached hydrogens (primary N) is 1. The maximum atomic E-state index is 11.0. The quantitative estimate of drug-likeness (QED) is 0.844. The largest absolute Gasteiger partial charge is 0.469 e. The maximum Gasteiger partial charge on any atom is 0.307 e. The van der Waals surface area contributed by atoms with Crippen LogP contribution in [0, 0.1) is 0 Å². The summed E-state index contributed by atoms with van der Waals surface area (Å²) in [4.78, 5) is 11.0. The Balaban J connectivity index is 2.65. The molecule has 1 atom stereocenters. The summed E-state index contributed by atoms with van der Waals surface area (Å²) in [6.45, 7) is 0. The lowest BCUT2D eigenvalue weighted by atomic mass is 10.1. The Hall–Kier alpha value is -0.870. The first kappa shape index (κ1) is 11.2. The molecule has 0 saturated carbocycles. The van der Waals surface area contributed by atoms with Gasteiger partial charge in [-0.3, -0.25) is 4.79 Å². The van der Waals surface area contributed by atoms with Crippen LogP contribution in [-0.4, -0.2) is 13.1 Å². The number of rotatable bonds is 3. The summed E-state index contributed by atoms with van der Waals surface area (Å²) < 4.78 is 5.53. The zero-order chi connectivity index (χ0) is 10.6. The van der Waals surface area contributed by atoms with Gasteiger partial charge in [0.1, 0.15) is 0 Å². The fourth-order valence-electron chi connectivity index (χ4n) is 1.09. The highest BCUT2D eigenvalue weighted by Gasteiger charge is 2.11. The minimum Gasteiger partial charge on any atom is -0.469 e. The van der Waals surface area contributed by atoms with Crippen LogP contribution in [0.3, 0.4) is 0 Å². The van der Waals surface area contributed by atoms with Crippen molar-refractivity contribution in [2.75, 3.05) is 7.11 Å². The number of benzene rings is 1. The van der Waals surface area contributed by atoms with Gasteiger partial charge in [-0.25, -0.2) is 0 Å². The van der Waals surface area contributed by atoms with E-state index in [1.807, 2.05) is 24.3 Å². The van der Waals surface area contributed by atoms with Crippen LogP contribution in [0.5, 0.6) is 0 Å². The Labute approximate surface area is 91.4 Å². The average Bonchev–Trinajstić information content (AvgIpc) is 2.18. The highest BCUT2D eigenvalue weighted by molar-refractivity contribution is 9.10. The van der Waals surface area contributed by atoms with Crippen LogP contribution in [0.25, 0.3) is 0 Å². The highest BCUT2D eigenvalue weighted by Crippen LogP contribution is 2.17. The van der Waals surface area contributed by atoms with Crippen molar-refractivity contribution >= 4 is 21.9 Å². The second-order valence-electron chi connectivity index (χ2n) is 2.94. The van der Waals surface area contributed by atoms with Gasteiger partial charge in [0.15, 0.2) is 0 Å². The SMILES string of the molecule is COC(=O)C[C@H](N)c1ccc(Br)cc1. The average molecular weight is 258 g/mol. The molecule has 0 aliphatic carbocycles. The van der Waals surface area contributed by atoms with Crippen molar-refractivity contribution in [1.82, 2.24) is 0 Å². The molecule has 1 aromatic rings. The molecule has 0 spiro atoms. The van der Waals surface area contributed by atoms with E-state index in [1.165, 1.54) is 7.11 Å². The number of carbonyl (C=O) groups excluding carboxylic acids is 1. The van der Waals surface area contributed by atoms with Crippen LogP contribution in [0.15, 0.2) is 28.7 Å². The van der Waals surface area contributed by atoms with Gasteiger partial charge < -0.3 is 10.5 Å². The van der Waals surface area contributed by atoms with Gasteiger partial charge >= 0.3 is 5.97 Å². The molecule has 76 valence electrons. The lowest BCUT2D eigenvalue weighted by molar-refractivity contribution is -0.141. The van der Waals surface area contributed by atoms with Gasteiger partial charge in [-0.2, -0.15) is 0 Å². The lowest BCUT2D eigenvalue weighted by Crippen LogP contribution is -2.16. The first-order valence-corrected chi connectivity index (χ1v) is 5.00. The number of hydrogen-bond acceptors (Lipinski definition) is 3. The molecule has 0 saturated heterocycles. The summed E-state index contributed by atoms with van der Waals surface area (Å²) >= 11 is 3.33. The zero-order valence-corrected chi connectivity index (χ0v) is 9.45. The number of hydrogen-bond donors (Lipinski definition) is 1. The molecule has 0 heterocycles. The Morgan fingerprint density at radius 3 is 2.57 bits per heavy atom. The van der Waals surface area contributed by atoms with Gasteiger partial charge in [0.25, 0.3) is 0 Å². The van der Waals surface area contributed by atoms with Gasteiger partial charge in [0.2, 0.25) is 0 Å². The minimum absolute atomic E-state index is 0.206. The van der Waals surface area contributed by atoms with E-state index in [1.54, 1.807) is 0 Å². The number of methoxy groups -OCH3 is 1. The third-order valence-corrected chi connectivity index (χ3v) is 2.44. The molecular formula is C10H12BrNO2. The van der Waals surface area contributed by atoms with Crippen LogP contribution in [0.2, 0.25) is 0 Å². The van der Waals surface area contributed by atoms with Gasteiger partial charge in [-0.05, 0) is 17.7 Å². The van der Waals surface area contributed by atoms with Crippen LogP contribution in [0.1, 0.15) is 18.0 Å². The lowest BCUT2D eigenvalue weighted by Gasteiger charge is -2.10. The van der Waals surface area contributed by atoms with Gasteiger partial charge in [-0.1, -0.05) is 28.1 Å². The Morgan fingerprint density at radius 1 is 1.50 bits per heavy atom. The summed E-state index contributed by atoms with van der Waals surface area (Å²) in [5.41, 5.74) is 6.73. The normalized spacial score (nSPS) is 12.2. The van der Waals surface area contributed by atoms with Crippen molar-refractivity contribution in [3.63, 3.8) is 0 Å². The fourth-order valence-corrected chi connectivity index (χ4v) is 1.36. The van der Waals surface area contributed by atoms with E-state index in [4.69, 9.17) is 5.73 Å². The third kappa shape index (κ3) is 3.12. The summed E-state index contributed by atoms with van der Waals surface area (Å²) in [6, 6.07) is 7.27. The molecule has 4 heteroatoms. The van der Waals surface area contributed by atoms with Crippen molar-refractivity contribution in [2.24, 2.45) is 5.73 Å². The molecule has 1 aromatic carbocycles. The molecule has 0 fully saturated rings. The molecule has 14 heavy (non-hydrogen) atoms. The molecule has 0 radical (unpaired) electrons. The smallest absolute Gasteiger partial charge is 0.307 e. The van der Waals surface area contributed by atoms with Gasteiger partial charge in [0, 0.05) is 10.5 Å². The summed E-state index contributed by atoms with van der Waals surface area (Å²) in [7, 11) is 1.36. The predicted octanol–water partition coefficient (Wildman–Crippen LogP) is 2.01. The van der Waals surface area contributed by atoms with Crippen molar-refractivity contribution in [2.45, 2.75) is 12.5 Å². The first-order valence-electron chi connectivity index (χ1n) is 4.21. The van der Waals surface area contributed by atoms with Crippen LogP contribution in [0.4, 0.5) is 0 Å². The van der Waals surface area contributed by atoms with E-state index in [0.717, 1.165) is 10.0 Å². The molecule has 0 amide bonds. The van der Waals surface area contributed by atoms with E-state index in [9.17, 15) is 4.79 Å². The van der Waals surface area contributed by atoms with Crippen molar-refractivity contribution in [3.8, 4) is 0 Å². The second kappa shape index (κ2) is 5.12. The molecule has 1 rings (SSSR count). The number of ether oxygens (including phenoxy) is 1. The molecular weight excluding hydrogens is 246 g/mol. The number of carbonyl (C=O) groups is 1.